The van der Waals surface area contributed by atoms with E-state index in [1.54, 1.807) is 18.5 Å². The normalized spacial score (nSPS) is 18.1. The predicted octanol–water partition coefficient (Wildman–Crippen LogP) is 3.69. The number of aromatic nitrogens is 5. The van der Waals surface area contributed by atoms with E-state index in [1.807, 2.05) is 26.1 Å². The molecule has 0 unspecified atom stereocenters. The van der Waals surface area contributed by atoms with Crippen LogP contribution in [0.4, 0.5) is 5.82 Å². The van der Waals surface area contributed by atoms with Gasteiger partial charge in [-0.3, -0.25) is 5.10 Å². The lowest BCUT2D eigenvalue weighted by Gasteiger charge is -2.49. The van der Waals surface area contributed by atoms with Crippen molar-refractivity contribution in [2.24, 2.45) is 0 Å². The molecule has 0 spiro atoms. The number of phenolic OH excluding ortho intramolecular Hbond substituents is 1. The smallest absolute Gasteiger partial charge is 0.185 e. The molecule has 1 saturated heterocycles. The minimum atomic E-state index is 0.0440. The van der Waals surface area contributed by atoms with E-state index in [4.69, 9.17) is 0 Å². The highest BCUT2D eigenvalue weighted by molar-refractivity contribution is 5.73. The van der Waals surface area contributed by atoms with Gasteiger partial charge in [0.1, 0.15) is 5.75 Å². The van der Waals surface area contributed by atoms with Gasteiger partial charge in [0.2, 0.25) is 0 Å². The van der Waals surface area contributed by atoms with Crippen LogP contribution in [0.3, 0.4) is 0 Å². The van der Waals surface area contributed by atoms with Crippen LogP contribution < -0.4 is 10.2 Å². The van der Waals surface area contributed by atoms with Gasteiger partial charge in [-0.2, -0.15) is 5.10 Å². The molecular weight excluding hydrogens is 390 g/mol. The number of piperidine rings is 1. The molecule has 3 aromatic rings. The molecule has 3 N–H and O–H groups in total. The molecule has 0 bridgehead atoms. The molecule has 8 heteroatoms. The van der Waals surface area contributed by atoms with Gasteiger partial charge in [0.15, 0.2) is 11.6 Å². The molecule has 1 aliphatic heterocycles. The molecule has 0 radical (unpaired) electrons. The van der Waals surface area contributed by atoms with E-state index in [2.05, 4.69) is 63.3 Å². The second-order valence-electron chi connectivity index (χ2n) is 9.85. The monoisotopic (exact) mass is 421 g/mol. The SMILES string of the molecule is Cc1[nH]ncc1-c1ccc(-c2ncc(N(C)C3CC(C)(C)NC(C)(C)C3)nn2)c(O)c1. The Balaban J connectivity index is 1.55. The first-order valence-corrected chi connectivity index (χ1v) is 10.6. The maximum Gasteiger partial charge on any atom is 0.185 e. The van der Waals surface area contributed by atoms with Gasteiger partial charge < -0.3 is 15.3 Å². The average molecular weight is 422 g/mol. The van der Waals surface area contributed by atoms with Crippen molar-refractivity contribution in [2.45, 2.75) is 64.6 Å². The molecule has 0 amide bonds. The molecular formula is C23H31N7O. The van der Waals surface area contributed by atoms with Gasteiger partial charge in [0.25, 0.3) is 0 Å². The Morgan fingerprint density at radius 2 is 1.74 bits per heavy atom. The van der Waals surface area contributed by atoms with Crippen molar-refractivity contribution in [3.8, 4) is 28.3 Å². The molecule has 1 aliphatic rings. The molecule has 0 aliphatic carbocycles. The summed E-state index contributed by atoms with van der Waals surface area (Å²) in [7, 11) is 2.05. The Morgan fingerprint density at radius 3 is 2.29 bits per heavy atom. The fourth-order valence-corrected chi connectivity index (χ4v) is 4.81. The number of phenols is 1. The second kappa shape index (κ2) is 7.60. The van der Waals surface area contributed by atoms with E-state index in [-0.39, 0.29) is 16.8 Å². The van der Waals surface area contributed by atoms with Crippen LogP contribution in [-0.2, 0) is 0 Å². The van der Waals surface area contributed by atoms with E-state index in [9.17, 15) is 5.11 Å². The summed E-state index contributed by atoms with van der Waals surface area (Å²) in [5.74, 6) is 1.24. The van der Waals surface area contributed by atoms with E-state index >= 15 is 0 Å². The average Bonchev–Trinajstić information content (AvgIpc) is 3.11. The van der Waals surface area contributed by atoms with Crippen molar-refractivity contribution < 1.29 is 5.11 Å². The Labute approximate surface area is 183 Å². The molecule has 31 heavy (non-hydrogen) atoms. The number of aryl methyl sites for hydroxylation is 1. The standard InChI is InChI=1S/C23H31N7O/c1-14-18(12-25-26-14)15-7-8-17(19(31)9-15)21-24-13-20(27-28-21)30(6)16-10-22(2,3)29-23(4,5)11-16/h7-9,12-13,16,29,31H,10-11H2,1-6H3,(H,25,26). The lowest BCUT2D eigenvalue weighted by Crippen LogP contribution is -2.62. The summed E-state index contributed by atoms with van der Waals surface area (Å²) < 4.78 is 0. The topological polar surface area (TPSA) is 103 Å². The Morgan fingerprint density at radius 1 is 1.03 bits per heavy atom. The van der Waals surface area contributed by atoms with E-state index < -0.39 is 0 Å². The first kappa shape index (κ1) is 21.2. The number of aromatic hydroxyl groups is 1. The van der Waals surface area contributed by atoms with Gasteiger partial charge in [0.05, 0.1) is 18.0 Å². The summed E-state index contributed by atoms with van der Waals surface area (Å²) in [6.45, 7) is 10.9. The number of rotatable bonds is 4. The van der Waals surface area contributed by atoms with Crippen LogP contribution in [0.1, 0.15) is 46.2 Å². The van der Waals surface area contributed by atoms with Crippen LogP contribution in [0.5, 0.6) is 5.75 Å². The minimum absolute atomic E-state index is 0.0440. The zero-order valence-electron chi connectivity index (χ0n) is 19.1. The minimum Gasteiger partial charge on any atom is -0.507 e. The molecule has 4 rings (SSSR count). The number of anilines is 1. The Hall–Kier alpha value is -3.00. The number of hydrogen-bond donors (Lipinski definition) is 3. The third-order valence-electron chi connectivity index (χ3n) is 6.01. The summed E-state index contributed by atoms with van der Waals surface area (Å²) >= 11 is 0. The van der Waals surface area contributed by atoms with E-state index in [1.165, 1.54) is 0 Å². The Kier molecular flexibility index (Phi) is 5.21. The predicted molar refractivity (Wildman–Crippen MR) is 122 cm³/mol. The number of hydrogen-bond acceptors (Lipinski definition) is 7. The van der Waals surface area contributed by atoms with Gasteiger partial charge in [-0.25, -0.2) is 4.98 Å². The van der Waals surface area contributed by atoms with Crippen LogP contribution in [-0.4, -0.2) is 54.7 Å². The van der Waals surface area contributed by atoms with E-state index in [0.29, 0.717) is 17.4 Å². The van der Waals surface area contributed by atoms with Crippen LogP contribution in [0, 0.1) is 6.92 Å². The second-order valence-corrected chi connectivity index (χ2v) is 9.85. The zero-order chi connectivity index (χ0) is 22.4. The van der Waals surface area contributed by atoms with Crippen LogP contribution in [0.25, 0.3) is 22.5 Å². The number of benzene rings is 1. The first-order valence-electron chi connectivity index (χ1n) is 10.6. The lowest BCUT2D eigenvalue weighted by molar-refractivity contribution is 0.160. The largest absolute Gasteiger partial charge is 0.507 e. The van der Waals surface area contributed by atoms with Gasteiger partial charge in [-0.05, 0) is 65.2 Å². The van der Waals surface area contributed by atoms with Crippen molar-refractivity contribution >= 4 is 5.82 Å². The van der Waals surface area contributed by atoms with Crippen molar-refractivity contribution in [1.29, 1.82) is 0 Å². The number of aromatic amines is 1. The molecule has 0 atom stereocenters. The van der Waals surface area contributed by atoms with E-state index in [0.717, 1.165) is 35.5 Å². The third kappa shape index (κ3) is 4.39. The summed E-state index contributed by atoms with van der Waals surface area (Å²) in [5.41, 5.74) is 3.42. The fraction of sp³-hybridized carbons (Fsp3) is 0.478. The van der Waals surface area contributed by atoms with Crippen molar-refractivity contribution in [3.63, 3.8) is 0 Å². The van der Waals surface area contributed by atoms with Gasteiger partial charge in [0, 0.05) is 35.4 Å². The van der Waals surface area contributed by atoms with Crippen molar-refractivity contribution in [1.82, 2.24) is 30.7 Å². The number of H-pyrrole nitrogens is 1. The molecule has 8 nitrogen and oxygen atoms in total. The van der Waals surface area contributed by atoms with Gasteiger partial charge in [-0.15, -0.1) is 10.2 Å². The van der Waals surface area contributed by atoms with Gasteiger partial charge in [-0.1, -0.05) is 6.07 Å². The van der Waals surface area contributed by atoms with Crippen LogP contribution >= 0.6 is 0 Å². The number of nitrogens with one attached hydrogen (secondary N) is 2. The summed E-state index contributed by atoms with van der Waals surface area (Å²) in [4.78, 5) is 6.66. The lowest BCUT2D eigenvalue weighted by atomic mass is 9.79. The zero-order valence-corrected chi connectivity index (χ0v) is 19.1. The molecule has 1 fully saturated rings. The van der Waals surface area contributed by atoms with Crippen LogP contribution in [0.15, 0.2) is 30.6 Å². The first-order chi connectivity index (χ1) is 14.5. The van der Waals surface area contributed by atoms with Crippen molar-refractivity contribution in [3.05, 3.63) is 36.3 Å². The number of nitrogens with zero attached hydrogens (tertiary/aromatic N) is 5. The highest BCUT2D eigenvalue weighted by Gasteiger charge is 2.39. The maximum atomic E-state index is 10.6. The molecule has 164 valence electrons. The molecule has 2 aromatic heterocycles. The highest BCUT2D eigenvalue weighted by Crippen LogP contribution is 2.34. The third-order valence-corrected chi connectivity index (χ3v) is 6.01. The molecule has 1 aromatic carbocycles. The highest BCUT2D eigenvalue weighted by atomic mass is 16.3. The fourth-order valence-electron chi connectivity index (χ4n) is 4.81. The Bertz CT molecular complexity index is 1060. The summed E-state index contributed by atoms with van der Waals surface area (Å²) in [6, 6.07) is 5.78. The van der Waals surface area contributed by atoms with Crippen molar-refractivity contribution in [2.75, 3.05) is 11.9 Å². The quantitative estimate of drug-likeness (QED) is 0.590. The van der Waals surface area contributed by atoms with Crippen LogP contribution in [0.2, 0.25) is 0 Å². The summed E-state index contributed by atoms with van der Waals surface area (Å²) in [5, 5.41) is 30.0. The summed E-state index contributed by atoms with van der Waals surface area (Å²) in [6.07, 6.45) is 5.49. The molecule has 0 saturated carbocycles. The van der Waals surface area contributed by atoms with Gasteiger partial charge >= 0.3 is 0 Å². The molecule has 3 heterocycles. The maximum absolute atomic E-state index is 10.6.